The molecule has 1 N–H and O–H groups in total. The van der Waals surface area contributed by atoms with Crippen molar-refractivity contribution in [2.45, 2.75) is 26.3 Å². The van der Waals surface area contributed by atoms with Gasteiger partial charge in [0.1, 0.15) is 0 Å². The van der Waals surface area contributed by atoms with E-state index in [0.717, 1.165) is 5.57 Å². The lowest BCUT2D eigenvalue weighted by molar-refractivity contribution is -0.131. The molecular formula is C12H22N2O3S. The summed E-state index contributed by atoms with van der Waals surface area (Å²) in [6.45, 7) is 9.16. The van der Waals surface area contributed by atoms with Crippen molar-refractivity contribution in [2.24, 2.45) is 0 Å². The van der Waals surface area contributed by atoms with Gasteiger partial charge in [-0.25, -0.2) is 8.42 Å². The Labute approximate surface area is 109 Å². The fraction of sp³-hybridized carbons (Fsp3) is 0.750. The molecule has 1 rings (SSSR count). The fourth-order valence-electron chi connectivity index (χ4n) is 2.04. The van der Waals surface area contributed by atoms with Crippen molar-refractivity contribution < 1.29 is 13.2 Å². The summed E-state index contributed by atoms with van der Waals surface area (Å²) in [6, 6.07) is -0.254. The molecule has 0 saturated carbocycles. The number of rotatable bonds is 5. The van der Waals surface area contributed by atoms with Gasteiger partial charge in [-0.2, -0.15) is 0 Å². The van der Waals surface area contributed by atoms with Crippen LogP contribution in [0.1, 0.15) is 20.3 Å². The molecule has 0 radical (unpaired) electrons. The smallest absolute Gasteiger partial charge is 0.224 e. The number of carbonyl (C=O) groups is 1. The highest BCUT2D eigenvalue weighted by Gasteiger charge is 2.27. The average Bonchev–Trinajstić information content (AvgIpc) is 2.23. The van der Waals surface area contributed by atoms with Crippen LogP contribution in [0.15, 0.2) is 12.2 Å². The second-order valence-electron chi connectivity index (χ2n) is 4.83. The van der Waals surface area contributed by atoms with Crippen molar-refractivity contribution >= 4 is 15.7 Å². The lowest BCUT2D eigenvalue weighted by Gasteiger charge is -2.27. The summed E-state index contributed by atoms with van der Waals surface area (Å²) in [4.78, 5) is 13.7. The number of nitrogens with zero attached hydrogens (tertiary/aromatic N) is 1. The zero-order valence-electron chi connectivity index (χ0n) is 11.1. The summed E-state index contributed by atoms with van der Waals surface area (Å²) in [5.74, 6) is 0.208. The number of hydrogen-bond donors (Lipinski definition) is 1. The van der Waals surface area contributed by atoms with Crippen molar-refractivity contribution in [1.82, 2.24) is 10.2 Å². The van der Waals surface area contributed by atoms with Crippen LogP contribution in [0.2, 0.25) is 0 Å². The first kappa shape index (κ1) is 15.2. The van der Waals surface area contributed by atoms with Gasteiger partial charge in [-0.1, -0.05) is 12.2 Å². The average molecular weight is 274 g/mol. The van der Waals surface area contributed by atoms with E-state index in [1.165, 1.54) is 0 Å². The van der Waals surface area contributed by atoms with E-state index in [2.05, 4.69) is 11.9 Å². The van der Waals surface area contributed by atoms with Gasteiger partial charge >= 0.3 is 0 Å². The quantitative estimate of drug-likeness (QED) is 0.727. The van der Waals surface area contributed by atoms with Crippen molar-refractivity contribution in [3.05, 3.63) is 12.2 Å². The number of carbonyl (C=O) groups excluding carboxylic acids is 1. The summed E-state index contributed by atoms with van der Waals surface area (Å²) < 4.78 is 23.0. The van der Waals surface area contributed by atoms with Gasteiger partial charge in [-0.05, 0) is 13.8 Å². The van der Waals surface area contributed by atoms with Crippen LogP contribution in [0.25, 0.3) is 0 Å². The van der Waals surface area contributed by atoms with Crippen molar-refractivity contribution in [3.8, 4) is 0 Å². The third-order valence-corrected chi connectivity index (χ3v) is 4.65. The van der Waals surface area contributed by atoms with Gasteiger partial charge in [0.2, 0.25) is 5.91 Å². The lowest BCUT2D eigenvalue weighted by atomic mass is 10.2. The highest BCUT2D eigenvalue weighted by molar-refractivity contribution is 7.91. The standard InChI is InChI=1S/C12H22N2O3S/c1-4-14(8-10(2)3)12(15)7-11-9-18(16,17)6-5-13-11/h11,13H,2,4-9H2,1,3H3. The third kappa shape index (κ3) is 4.78. The Morgan fingerprint density at radius 1 is 1.50 bits per heavy atom. The molecule has 1 atom stereocenters. The molecule has 1 unspecified atom stereocenters. The molecule has 1 aliphatic rings. The van der Waals surface area contributed by atoms with Gasteiger partial charge in [-0.15, -0.1) is 0 Å². The maximum atomic E-state index is 12.0. The van der Waals surface area contributed by atoms with Crippen LogP contribution in [-0.4, -0.2) is 56.4 Å². The zero-order chi connectivity index (χ0) is 13.8. The van der Waals surface area contributed by atoms with Gasteiger partial charge in [0.15, 0.2) is 9.84 Å². The van der Waals surface area contributed by atoms with Crippen molar-refractivity contribution in [3.63, 3.8) is 0 Å². The molecule has 1 amide bonds. The molecule has 6 heteroatoms. The van der Waals surface area contributed by atoms with E-state index < -0.39 is 9.84 Å². The van der Waals surface area contributed by atoms with Gasteiger partial charge in [0.05, 0.1) is 11.5 Å². The maximum absolute atomic E-state index is 12.0. The second kappa shape index (κ2) is 6.33. The van der Waals surface area contributed by atoms with Crippen LogP contribution in [-0.2, 0) is 14.6 Å². The number of nitrogens with one attached hydrogen (secondary N) is 1. The Morgan fingerprint density at radius 2 is 2.17 bits per heavy atom. The minimum absolute atomic E-state index is 0.0184. The molecule has 0 spiro atoms. The number of likely N-dealkylation sites (N-methyl/N-ethyl adjacent to an activating group) is 1. The van der Waals surface area contributed by atoms with Crippen LogP contribution in [0, 0.1) is 0 Å². The van der Waals surface area contributed by atoms with Crippen LogP contribution in [0.3, 0.4) is 0 Å². The molecule has 0 aromatic heterocycles. The molecule has 0 bridgehead atoms. The molecule has 1 saturated heterocycles. The minimum Gasteiger partial charge on any atom is -0.339 e. The van der Waals surface area contributed by atoms with Gasteiger partial charge in [-0.3, -0.25) is 4.79 Å². The molecule has 1 heterocycles. The molecule has 1 fully saturated rings. The fourth-order valence-corrected chi connectivity index (χ4v) is 3.48. The Balaban J connectivity index is 2.55. The monoisotopic (exact) mass is 274 g/mol. The van der Waals surface area contributed by atoms with Crippen LogP contribution >= 0.6 is 0 Å². The van der Waals surface area contributed by atoms with E-state index in [4.69, 9.17) is 0 Å². The molecule has 0 aromatic rings. The van der Waals surface area contributed by atoms with Crippen molar-refractivity contribution in [2.75, 3.05) is 31.1 Å². The predicted molar refractivity (Wildman–Crippen MR) is 72.1 cm³/mol. The van der Waals surface area contributed by atoms with Crippen LogP contribution < -0.4 is 5.32 Å². The van der Waals surface area contributed by atoms with Crippen LogP contribution in [0.4, 0.5) is 0 Å². The first-order valence-corrected chi connectivity index (χ1v) is 8.02. The highest BCUT2D eigenvalue weighted by Crippen LogP contribution is 2.08. The lowest BCUT2D eigenvalue weighted by Crippen LogP contribution is -2.48. The topological polar surface area (TPSA) is 66.5 Å². The number of amides is 1. The van der Waals surface area contributed by atoms with E-state index in [1.54, 1.807) is 4.90 Å². The van der Waals surface area contributed by atoms with Gasteiger partial charge in [0, 0.05) is 32.1 Å². The Bertz CT molecular complexity index is 417. The molecule has 1 aliphatic heterocycles. The molecule has 18 heavy (non-hydrogen) atoms. The summed E-state index contributed by atoms with van der Waals surface area (Å²) in [7, 11) is -2.98. The van der Waals surface area contributed by atoms with E-state index >= 15 is 0 Å². The predicted octanol–water partition coefficient (Wildman–Crippen LogP) is 0.188. The largest absolute Gasteiger partial charge is 0.339 e. The number of hydrogen-bond acceptors (Lipinski definition) is 4. The van der Waals surface area contributed by atoms with Gasteiger partial charge in [0.25, 0.3) is 0 Å². The minimum atomic E-state index is -2.98. The maximum Gasteiger partial charge on any atom is 0.224 e. The normalized spacial score (nSPS) is 22.4. The summed E-state index contributed by atoms with van der Waals surface area (Å²) >= 11 is 0. The summed E-state index contributed by atoms with van der Waals surface area (Å²) in [5, 5.41) is 3.09. The highest BCUT2D eigenvalue weighted by atomic mass is 32.2. The molecule has 0 aromatic carbocycles. The zero-order valence-corrected chi connectivity index (χ0v) is 11.9. The SMILES string of the molecule is C=C(C)CN(CC)C(=O)CC1CS(=O)(=O)CCN1. The Hall–Kier alpha value is -0.880. The molecule has 0 aliphatic carbocycles. The van der Waals surface area contributed by atoms with Crippen LogP contribution in [0.5, 0.6) is 0 Å². The van der Waals surface area contributed by atoms with E-state index in [0.29, 0.717) is 19.6 Å². The molecular weight excluding hydrogens is 252 g/mol. The summed E-state index contributed by atoms with van der Waals surface area (Å²) in [5.41, 5.74) is 0.925. The second-order valence-corrected chi connectivity index (χ2v) is 7.06. The number of sulfone groups is 1. The third-order valence-electron chi connectivity index (χ3n) is 2.92. The van der Waals surface area contributed by atoms with E-state index in [1.807, 2.05) is 13.8 Å². The first-order valence-electron chi connectivity index (χ1n) is 6.20. The summed E-state index contributed by atoms with van der Waals surface area (Å²) in [6.07, 6.45) is 0.236. The molecule has 5 nitrogen and oxygen atoms in total. The van der Waals surface area contributed by atoms with E-state index in [9.17, 15) is 13.2 Å². The molecule has 104 valence electrons. The Kier molecular flexibility index (Phi) is 5.34. The van der Waals surface area contributed by atoms with E-state index in [-0.39, 0.29) is 29.9 Å². The van der Waals surface area contributed by atoms with Crippen molar-refractivity contribution in [1.29, 1.82) is 0 Å². The Morgan fingerprint density at radius 3 is 2.67 bits per heavy atom. The van der Waals surface area contributed by atoms with Gasteiger partial charge < -0.3 is 10.2 Å². The first-order chi connectivity index (χ1) is 8.34.